The first kappa shape index (κ1) is 18.6. The van der Waals surface area contributed by atoms with Crippen LogP contribution in [0.2, 0.25) is 0 Å². The molecule has 0 spiro atoms. The van der Waals surface area contributed by atoms with Crippen molar-refractivity contribution in [3.63, 3.8) is 0 Å². The molecule has 1 aromatic rings. The molecule has 26 heavy (non-hydrogen) atoms. The minimum atomic E-state index is -0.629. The molecule has 2 atom stereocenters. The van der Waals surface area contributed by atoms with Gasteiger partial charge in [0.05, 0.1) is 25.4 Å². The smallest absolute Gasteiger partial charge is 0.321 e. The fraction of sp³-hybridized carbons (Fsp3) is 0.556. The lowest BCUT2D eigenvalue weighted by Gasteiger charge is -2.47. The summed E-state index contributed by atoms with van der Waals surface area (Å²) in [5.41, 5.74) is 1.51. The molecule has 0 radical (unpaired) electrons. The molecule has 2 heterocycles. The topological polar surface area (TPSA) is 94.1 Å². The van der Waals surface area contributed by atoms with E-state index in [0.717, 1.165) is 11.3 Å². The number of fused-ring (bicyclic) bond motifs is 1. The number of nitrogens with zero attached hydrogens (tertiary/aromatic N) is 2. The van der Waals surface area contributed by atoms with Gasteiger partial charge < -0.3 is 25.4 Å². The number of nitrogens with one attached hydrogen (secondary N) is 2. The number of anilines is 1. The molecular weight excluding hydrogens is 336 g/mol. The number of benzene rings is 1. The molecule has 0 aliphatic carbocycles. The summed E-state index contributed by atoms with van der Waals surface area (Å²) >= 11 is 0. The number of rotatable bonds is 4. The number of aliphatic hydroxyl groups is 1. The standard InChI is InChI=1S/C18H26N4O4/c1-12-8-26-11-18(10-23,22(12)3)9-19-16(24)13-4-5-15-14(6-13)7-21(2)17(25)20-15/h4-6,12,23H,7-11H2,1-3H3,(H,19,24)(H,20,25)/t12-,18+/m1/s1. The minimum absolute atomic E-state index is 0.102. The van der Waals surface area contributed by atoms with Crippen LogP contribution in [0.5, 0.6) is 0 Å². The molecule has 3 amide bonds. The lowest BCUT2D eigenvalue weighted by Crippen LogP contribution is -2.65. The van der Waals surface area contributed by atoms with Gasteiger partial charge in [0.1, 0.15) is 0 Å². The molecule has 3 N–H and O–H groups in total. The van der Waals surface area contributed by atoms with Crippen molar-refractivity contribution in [1.82, 2.24) is 15.1 Å². The molecule has 142 valence electrons. The zero-order chi connectivity index (χ0) is 18.9. The molecule has 0 bridgehead atoms. The summed E-state index contributed by atoms with van der Waals surface area (Å²) in [5.74, 6) is -0.216. The van der Waals surface area contributed by atoms with Gasteiger partial charge in [0.25, 0.3) is 5.91 Å². The lowest BCUT2D eigenvalue weighted by atomic mass is 9.95. The molecule has 1 fully saturated rings. The maximum atomic E-state index is 12.6. The quantitative estimate of drug-likeness (QED) is 0.724. The summed E-state index contributed by atoms with van der Waals surface area (Å²) in [7, 11) is 3.64. The van der Waals surface area contributed by atoms with Crippen molar-refractivity contribution in [2.45, 2.75) is 25.0 Å². The summed E-state index contributed by atoms with van der Waals surface area (Å²) in [6, 6.07) is 5.23. The van der Waals surface area contributed by atoms with Gasteiger partial charge in [-0.1, -0.05) is 0 Å². The van der Waals surface area contributed by atoms with Crippen molar-refractivity contribution < 1.29 is 19.4 Å². The Labute approximate surface area is 153 Å². The van der Waals surface area contributed by atoms with Crippen LogP contribution in [0, 0.1) is 0 Å². The predicted molar refractivity (Wildman–Crippen MR) is 97.1 cm³/mol. The number of amides is 3. The third-order valence-corrected chi connectivity index (χ3v) is 5.37. The molecule has 8 heteroatoms. The van der Waals surface area contributed by atoms with Gasteiger partial charge in [0.15, 0.2) is 0 Å². The van der Waals surface area contributed by atoms with Crippen LogP contribution >= 0.6 is 0 Å². The maximum absolute atomic E-state index is 12.6. The highest BCUT2D eigenvalue weighted by Gasteiger charge is 2.40. The van der Waals surface area contributed by atoms with E-state index < -0.39 is 5.54 Å². The fourth-order valence-electron chi connectivity index (χ4n) is 3.36. The van der Waals surface area contributed by atoms with Crippen LogP contribution in [-0.2, 0) is 11.3 Å². The van der Waals surface area contributed by atoms with E-state index in [1.54, 1.807) is 30.1 Å². The van der Waals surface area contributed by atoms with Crippen molar-refractivity contribution in [2.75, 3.05) is 45.8 Å². The van der Waals surface area contributed by atoms with Crippen molar-refractivity contribution in [3.05, 3.63) is 29.3 Å². The largest absolute Gasteiger partial charge is 0.394 e. The van der Waals surface area contributed by atoms with E-state index in [1.807, 2.05) is 14.0 Å². The first-order chi connectivity index (χ1) is 12.4. The molecule has 1 saturated heterocycles. The Balaban J connectivity index is 1.70. The van der Waals surface area contributed by atoms with Crippen LogP contribution in [-0.4, -0.2) is 78.9 Å². The van der Waals surface area contributed by atoms with Crippen LogP contribution < -0.4 is 10.6 Å². The molecule has 2 aliphatic heterocycles. The highest BCUT2D eigenvalue weighted by atomic mass is 16.5. The number of carbonyl (C=O) groups is 2. The Kier molecular flexibility index (Phi) is 5.17. The van der Waals surface area contributed by atoms with Gasteiger partial charge in [-0.15, -0.1) is 0 Å². The van der Waals surface area contributed by atoms with Gasteiger partial charge in [-0.25, -0.2) is 4.79 Å². The van der Waals surface area contributed by atoms with Crippen molar-refractivity contribution in [1.29, 1.82) is 0 Å². The first-order valence-electron chi connectivity index (χ1n) is 8.71. The van der Waals surface area contributed by atoms with E-state index in [-0.39, 0.29) is 31.1 Å². The minimum Gasteiger partial charge on any atom is -0.394 e. The monoisotopic (exact) mass is 362 g/mol. The van der Waals surface area contributed by atoms with Gasteiger partial charge in [0.2, 0.25) is 0 Å². The molecule has 3 rings (SSSR count). The molecule has 1 aromatic carbocycles. The summed E-state index contributed by atoms with van der Waals surface area (Å²) in [4.78, 5) is 27.9. The highest BCUT2D eigenvalue weighted by molar-refractivity contribution is 5.97. The second kappa shape index (κ2) is 7.22. The zero-order valence-corrected chi connectivity index (χ0v) is 15.4. The summed E-state index contributed by atoms with van der Waals surface area (Å²) in [5, 5.41) is 15.6. The number of likely N-dealkylation sites (N-methyl/N-ethyl adjacent to an activating group) is 1. The number of aliphatic hydroxyl groups excluding tert-OH is 1. The maximum Gasteiger partial charge on any atom is 0.321 e. The number of hydrogen-bond donors (Lipinski definition) is 3. The van der Waals surface area contributed by atoms with Crippen molar-refractivity contribution >= 4 is 17.6 Å². The third kappa shape index (κ3) is 3.40. The lowest BCUT2D eigenvalue weighted by molar-refractivity contribution is -0.105. The predicted octanol–water partition coefficient (Wildman–Crippen LogP) is 0.475. The van der Waals surface area contributed by atoms with E-state index in [1.165, 1.54) is 0 Å². The van der Waals surface area contributed by atoms with Crippen LogP contribution in [0.4, 0.5) is 10.5 Å². The van der Waals surface area contributed by atoms with Crippen LogP contribution in [0.1, 0.15) is 22.8 Å². The molecule has 8 nitrogen and oxygen atoms in total. The number of morpholine rings is 1. The Morgan fingerprint density at radius 2 is 2.23 bits per heavy atom. The van der Waals surface area contributed by atoms with Crippen LogP contribution in [0.25, 0.3) is 0 Å². The van der Waals surface area contributed by atoms with Gasteiger partial charge in [0, 0.05) is 37.4 Å². The van der Waals surface area contributed by atoms with E-state index in [9.17, 15) is 14.7 Å². The van der Waals surface area contributed by atoms with Gasteiger partial charge in [-0.3, -0.25) is 9.69 Å². The highest BCUT2D eigenvalue weighted by Crippen LogP contribution is 2.24. The third-order valence-electron chi connectivity index (χ3n) is 5.37. The first-order valence-corrected chi connectivity index (χ1v) is 8.71. The van der Waals surface area contributed by atoms with Crippen LogP contribution in [0.15, 0.2) is 18.2 Å². The molecule has 2 aliphatic rings. The average molecular weight is 362 g/mol. The van der Waals surface area contributed by atoms with Gasteiger partial charge in [-0.2, -0.15) is 0 Å². The van der Waals surface area contributed by atoms with E-state index in [0.29, 0.717) is 25.3 Å². The second-order valence-corrected chi connectivity index (χ2v) is 7.20. The van der Waals surface area contributed by atoms with Crippen LogP contribution in [0.3, 0.4) is 0 Å². The molecule has 0 aromatic heterocycles. The van der Waals surface area contributed by atoms with E-state index in [2.05, 4.69) is 15.5 Å². The van der Waals surface area contributed by atoms with Gasteiger partial charge in [-0.05, 0) is 37.7 Å². The fourth-order valence-corrected chi connectivity index (χ4v) is 3.36. The number of hydrogen-bond acceptors (Lipinski definition) is 5. The summed E-state index contributed by atoms with van der Waals surface area (Å²) < 4.78 is 5.59. The Morgan fingerprint density at radius 3 is 2.96 bits per heavy atom. The Hall–Kier alpha value is -2.16. The van der Waals surface area contributed by atoms with Gasteiger partial charge >= 0.3 is 6.03 Å². The number of carbonyl (C=O) groups excluding carboxylic acids is 2. The zero-order valence-electron chi connectivity index (χ0n) is 15.4. The molecule has 0 saturated carbocycles. The second-order valence-electron chi connectivity index (χ2n) is 7.20. The van der Waals surface area contributed by atoms with Crippen molar-refractivity contribution in [2.24, 2.45) is 0 Å². The van der Waals surface area contributed by atoms with E-state index in [4.69, 9.17) is 4.74 Å². The molecule has 0 unspecified atom stereocenters. The van der Waals surface area contributed by atoms with Crippen molar-refractivity contribution in [3.8, 4) is 0 Å². The average Bonchev–Trinajstić information content (AvgIpc) is 2.63. The van der Waals surface area contributed by atoms with E-state index >= 15 is 0 Å². The Morgan fingerprint density at radius 1 is 1.46 bits per heavy atom. The molecular formula is C18H26N4O4. The number of ether oxygens (including phenoxy) is 1. The Bertz CT molecular complexity index is 710. The summed E-state index contributed by atoms with van der Waals surface area (Å²) in [6.07, 6.45) is 0. The summed E-state index contributed by atoms with van der Waals surface area (Å²) in [6.45, 7) is 3.64. The SMILES string of the molecule is C[C@@H]1COC[C@@](CO)(CNC(=O)c2ccc3c(c2)CN(C)C(=O)N3)N1C. The number of urea groups is 1. The normalized spacial score (nSPS) is 26.2.